The van der Waals surface area contributed by atoms with E-state index in [0.717, 1.165) is 31.4 Å². The molecule has 7 heteroatoms. The molecule has 0 fully saturated rings. The van der Waals surface area contributed by atoms with Crippen LogP contribution >= 0.6 is 23.8 Å². The van der Waals surface area contributed by atoms with Crippen LogP contribution in [0.5, 0.6) is 5.75 Å². The molecule has 0 aliphatic carbocycles. The summed E-state index contributed by atoms with van der Waals surface area (Å²) in [6, 6.07) is 5.23. The maximum Gasteiger partial charge on any atom is 0.276 e. The number of benzene rings is 1. The Morgan fingerprint density at radius 3 is 2.77 bits per heavy atom. The summed E-state index contributed by atoms with van der Waals surface area (Å²) in [5.41, 5.74) is 6.01. The summed E-state index contributed by atoms with van der Waals surface area (Å²) in [6.07, 6.45) is 3.35. The average Bonchev–Trinajstić information content (AvgIpc) is 2.50. The second kappa shape index (κ2) is 10.2. The van der Waals surface area contributed by atoms with Crippen molar-refractivity contribution in [1.82, 2.24) is 16.2 Å². The van der Waals surface area contributed by atoms with Crippen LogP contribution in [0, 0.1) is 6.92 Å². The van der Waals surface area contributed by atoms with Crippen LogP contribution in [0.4, 0.5) is 0 Å². The maximum atomic E-state index is 11.6. The largest absolute Gasteiger partial charge is 0.484 e. The predicted molar refractivity (Wildman–Crippen MR) is 93.1 cm³/mol. The molecule has 5 nitrogen and oxygen atoms in total. The monoisotopic (exact) mass is 343 g/mol. The fourth-order valence-electron chi connectivity index (χ4n) is 1.64. The number of carbonyl (C=O) groups is 1. The van der Waals surface area contributed by atoms with Crippen molar-refractivity contribution in [2.75, 3.05) is 13.2 Å². The molecule has 122 valence electrons. The smallest absolute Gasteiger partial charge is 0.276 e. The lowest BCUT2D eigenvalue weighted by molar-refractivity contribution is -0.123. The lowest BCUT2D eigenvalue weighted by Gasteiger charge is -2.12. The SMILES string of the molecule is CCCCCNC(=S)NNC(=O)COc1ccc(Cl)c(C)c1. The van der Waals surface area contributed by atoms with Gasteiger partial charge in [-0.2, -0.15) is 0 Å². The van der Waals surface area contributed by atoms with Gasteiger partial charge in [0.2, 0.25) is 0 Å². The first-order valence-electron chi connectivity index (χ1n) is 7.24. The summed E-state index contributed by atoms with van der Waals surface area (Å²) in [7, 11) is 0. The molecule has 0 bridgehead atoms. The van der Waals surface area contributed by atoms with Gasteiger partial charge in [0.15, 0.2) is 11.7 Å². The summed E-state index contributed by atoms with van der Waals surface area (Å²) in [6.45, 7) is 4.70. The van der Waals surface area contributed by atoms with Gasteiger partial charge in [0, 0.05) is 11.6 Å². The van der Waals surface area contributed by atoms with Crippen molar-refractivity contribution >= 4 is 34.8 Å². The van der Waals surface area contributed by atoms with Gasteiger partial charge in [-0.15, -0.1) is 0 Å². The minimum absolute atomic E-state index is 0.105. The normalized spacial score (nSPS) is 9.95. The van der Waals surface area contributed by atoms with Crippen LogP contribution in [0.1, 0.15) is 31.7 Å². The highest BCUT2D eigenvalue weighted by Gasteiger charge is 2.04. The Morgan fingerprint density at radius 2 is 2.09 bits per heavy atom. The lowest BCUT2D eigenvalue weighted by Crippen LogP contribution is -2.48. The molecule has 0 aliphatic rings. The Morgan fingerprint density at radius 1 is 1.32 bits per heavy atom. The number of amides is 1. The predicted octanol–water partition coefficient (Wildman–Crippen LogP) is 2.71. The molecular formula is C15H22ClN3O2S. The van der Waals surface area contributed by atoms with E-state index in [-0.39, 0.29) is 12.5 Å². The molecule has 0 heterocycles. The number of nitrogens with one attached hydrogen (secondary N) is 3. The zero-order valence-corrected chi connectivity index (χ0v) is 14.4. The molecule has 0 spiro atoms. The molecule has 1 aromatic carbocycles. The van der Waals surface area contributed by atoms with E-state index in [2.05, 4.69) is 23.1 Å². The first-order chi connectivity index (χ1) is 10.5. The van der Waals surface area contributed by atoms with Crippen LogP contribution in [-0.4, -0.2) is 24.2 Å². The van der Waals surface area contributed by atoms with Gasteiger partial charge in [0.1, 0.15) is 5.75 Å². The Labute approximate surface area is 141 Å². The van der Waals surface area contributed by atoms with Crippen molar-refractivity contribution in [3.8, 4) is 5.75 Å². The van der Waals surface area contributed by atoms with Crippen molar-refractivity contribution in [2.45, 2.75) is 33.1 Å². The Kier molecular flexibility index (Phi) is 8.62. The molecule has 1 rings (SSSR count). The minimum atomic E-state index is -0.315. The summed E-state index contributed by atoms with van der Waals surface area (Å²) < 4.78 is 5.37. The number of carbonyl (C=O) groups excluding carboxylic acids is 1. The van der Waals surface area contributed by atoms with Gasteiger partial charge < -0.3 is 10.1 Å². The highest BCUT2D eigenvalue weighted by molar-refractivity contribution is 7.80. The number of hydrazine groups is 1. The van der Waals surface area contributed by atoms with Crippen molar-refractivity contribution in [2.24, 2.45) is 0 Å². The zero-order chi connectivity index (χ0) is 16.4. The minimum Gasteiger partial charge on any atom is -0.484 e. The van der Waals surface area contributed by atoms with Crippen LogP contribution in [-0.2, 0) is 4.79 Å². The Balaban J connectivity index is 2.20. The third kappa shape index (κ3) is 7.47. The number of halogens is 1. The van der Waals surface area contributed by atoms with Gasteiger partial charge in [0.05, 0.1) is 0 Å². The molecule has 0 aromatic heterocycles. The molecule has 0 saturated heterocycles. The van der Waals surface area contributed by atoms with Crippen molar-refractivity contribution in [1.29, 1.82) is 0 Å². The van der Waals surface area contributed by atoms with E-state index in [4.69, 9.17) is 28.6 Å². The van der Waals surface area contributed by atoms with E-state index >= 15 is 0 Å². The van der Waals surface area contributed by atoms with E-state index in [1.165, 1.54) is 0 Å². The van der Waals surface area contributed by atoms with Crippen molar-refractivity contribution < 1.29 is 9.53 Å². The van der Waals surface area contributed by atoms with Gasteiger partial charge in [0.25, 0.3) is 5.91 Å². The van der Waals surface area contributed by atoms with E-state index < -0.39 is 0 Å². The average molecular weight is 344 g/mol. The zero-order valence-electron chi connectivity index (χ0n) is 12.9. The van der Waals surface area contributed by atoms with Gasteiger partial charge in [-0.1, -0.05) is 31.4 Å². The van der Waals surface area contributed by atoms with Gasteiger partial charge >= 0.3 is 0 Å². The summed E-state index contributed by atoms with van der Waals surface area (Å²) in [4.78, 5) is 11.6. The fourth-order valence-corrected chi connectivity index (χ4v) is 1.91. The van der Waals surface area contributed by atoms with Crippen molar-refractivity contribution in [3.05, 3.63) is 28.8 Å². The molecule has 0 atom stereocenters. The number of unbranched alkanes of at least 4 members (excludes halogenated alkanes) is 2. The van der Waals surface area contributed by atoms with Gasteiger partial charge in [-0.25, -0.2) is 0 Å². The lowest BCUT2D eigenvalue weighted by atomic mass is 10.2. The van der Waals surface area contributed by atoms with Crippen molar-refractivity contribution in [3.63, 3.8) is 0 Å². The Hall–Kier alpha value is -1.53. The van der Waals surface area contributed by atoms with E-state index in [1.54, 1.807) is 18.2 Å². The molecule has 1 aromatic rings. The molecule has 22 heavy (non-hydrogen) atoms. The first kappa shape index (κ1) is 18.5. The van der Waals surface area contributed by atoms with E-state index in [0.29, 0.717) is 15.9 Å². The first-order valence-corrected chi connectivity index (χ1v) is 8.03. The summed E-state index contributed by atoms with van der Waals surface area (Å²) in [5, 5.41) is 4.07. The number of hydrogen-bond acceptors (Lipinski definition) is 3. The third-order valence-electron chi connectivity index (χ3n) is 2.88. The number of ether oxygens (including phenoxy) is 1. The highest BCUT2D eigenvalue weighted by Crippen LogP contribution is 2.20. The van der Waals surface area contributed by atoms with Gasteiger partial charge in [-0.05, 0) is 49.3 Å². The van der Waals surface area contributed by atoms with Crippen LogP contribution in [0.15, 0.2) is 18.2 Å². The van der Waals surface area contributed by atoms with E-state index in [1.807, 2.05) is 6.92 Å². The second-order valence-electron chi connectivity index (χ2n) is 4.84. The fraction of sp³-hybridized carbons (Fsp3) is 0.467. The molecule has 1 amide bonds. The number of rotatable bonds is 7. The summed E-state index contributed by atoms with van der Waals surface area (Å²) in [5.74, 6) is 0.280. The topological polar surface area (TPSA) is 62.4 Å². The molecule has 3 N–H and O–H groups in total. The van der Waals surface area contributed by atoms with Crippen LogP contribution in [0.25, 0.3) is 0 Å². The Bertz CT molecular complexity index is 512. The van der Waals surface area contributed by atoms with Crippen LogP contribution < -0.4 is 20.9 Å². The highest BCUT2D eigenvalue weighted by atomic mass is 35.5. The van der Waals surface area contributed by atoms with E-state index in [9.17, 15) is 4.79 Å². The van der Waals surface area contributed by atoms with Crippen LogP contribution in [0.2, 0.25) is 5.02 Å². The second-order valence-corrected chi connectivity index (χ2v) is 5.65. The molecule has 0 saturated carbocycles. The quantitative estimate of drug-likeness (QED) is 0.403. The molecule has 0 radical (unpaired) electrons. The van der Waals surface area contributed by atoms with Crippen LogP contribution in [0.3, 0.4) is 0 Å². The summed E-state index contributed by atoms with van der Waals surface area (Å²) >= 11 is 11.0. The van der Waals surface area contributed by atoms with Gasteiger partial charge in [-0.3, -0.25) is 15.6 Å². The number of hydrogen-bond donors (Lipinski definition) is 3. The standard InChI is InChI=1S/C15H22ClN3O2S/c1-3-4-5-8-17-15(22)19-18-14(20)10-21-12-6-7-13(16)11(2)9-12/h6-7,9H,3-5,8,10H2,1-2H3,(H,18,20)(H2,17,19,22). The maximum absolute atomic E-state index is 11.6. The third-order valence-corrected chi connectivity index (χ3v) is 3.55. The molecule has 0 unspecified atom stereocenters. The number of aryl methyl sites for hydroxylation is 1. The number of thiocarbonyl (C=S) groups is 1. The molecule has 0 aliphatic heterocycles. The molecular weight excluding hydrogens is 322 g/mol.